The lowest BCUT2D eigenvalue weighted by atomic mass is 9.78. The normalized spacial score (nSPS) is 27.1. The molecule has 2 saturated carbocycles. The largest absolute Gasteiger partial charge is 0.491 e. The molecule has 2 aliphatic carbocycles. The van der Waals surface area contributed by atoms with Crippen LogP contribution in [0, 0.1) is 29.1 Å². The van der Waals surface area contributed by atoms with Crippen molar-refractivity contribution in [2.75, 3.05) is 57.9 Å². The van der Waals surface area contributed by atoms with Crippen LogP contribution < -0.4 is 20.1 Å². The van der Waals surface area contributed by atoms with E-state index in [0.29, 0.717) is 103 Å². The van der Waals surface area contributed by atoms with E-state index < -0.39 is 23.7 Å². The number of amides is 1. The number of anilines is 1. The third-order valence-electron chi connectivity index (χ3n) is 13.7. The summed E-state index contributed by atoms with van der Waals surface area (Å²) in [5.74, 6) is 0.145. The van der Waals surface area contributed by atoms with Gasteiger partial charge in [-0.05, 0) is 74.3 Å². The van der Waals surface area contributed by atoms with Crippen LogP contribution in [0.15, 0.2) is 23.6 Å². The summed E-state index contributed by atoms with van der Waals surface area (Å²) in [6.45, 7) is 21.9. The molecular formula is C47H67ClN6O8S. The van der Waals surface area contributed by atoms with Crippen molar-refractivity contribution in [2.24, 2.45) is 29.1 Å². The van der Waals surface area contributed by atoms with Crippen LogP contribution in [0.2, 0.25) is 5.02 Å². The third-order valence-corrected chi connectivity index (χ3v) is 14.9. The van der Waals surface area contributed by atoms with Crippen LogP contribution in [0.5, 0.6) is 11.5 Å². The second kappa shape index (κ2) is 19.8. The van der Waals surface area contributed by atoms with E-state index in [1.54, 1.807) is 0 Å². The summed E-state index contributed by atoms with van der Waals surface area (Å²) < 4.78 is 24.7. The number of carbonyl (C=O) groups excluding carboxylic acids is 2. The summed E-state index contributed by atoms with van der Waals surface area (Å²) in [5, 5.41) is 20.4. The minimum atomic E-state index is -1.29. The Labute approximate surface area is 381 Å². The molecule has 1 amide bonds. The molecule has 3 N–H and O–H groups in total. The molecule has 346 valence electrons. The summed E-state index contributed by atoms with van der Waals surface area (Å²) in [6.07, 6.45) is 2.70. The first-order chi connectivity index (χ1) is 29.9. The summed E-state index contributed by atoms with van der Waals surface area (Å²) >= 11 is 8.63. The number of rotatable bonds is 18. The number of nitrogens with zero attached hydrogens (tertiary/aromatic N) is 4. The van der Waals surface area contributed by atoms with Crippen molar-refractivity contribution in [3.8, 4) is 22.9 Å². The highest BCUT2D eigenvalue weighted by atomic mass is 35.5. The van der Waals surface area contributed by atoms with E-state index in [9.17, 15) is 19.5 Å². The number of morpholine rings is 1. The summed E-state index contributed by atoms with van der Waals surface area (Å²) in [4.78, 5) is 54.8. The van der Waals surface area contributed by atoms with Gasteiger partial charge in [-0.1, -0.05) is 59.6 Å². The fourth-order valence-corrected chi connectivity index (χ4v) is 10.5. The Morgan fingerprint density at radius 3 is 2.43 bits per heavy atom. The van der Waals surface area contributed by atoms with Crippen LogP contribution >= 0.6 is 22.9 Å². The minimum absolute atomic E-state index is 0.0860. The van der Waals surface area contributed by atoms with Crippen molar-refractivity contribution in [3.05, 3.63) is 28.6 Å². The number of benzene rings is 1. The van der Waals surface area contributed by atoms with Crippen molar-refractivity contribution in [1.82, 2.24) is 25.1 Å². The van der Waals surface area contributed by atoms with Crippen molar-refractivity contribution in [3.63, 3.8) is 0 Å². The highest BCUT2D eigenvalue weighted by Gasteiger charge is 2.61. The van der Waals surface area contributed by atoms with E-state index in [4.69, 9.17) is 40.5 Å². The first-order valence-electron chi connectivity index (χ1n) is 22.9. The number of carbonyl (C=O) groups is 3. The topological polar surface area (TPSA) is 165 Å². The van der Waals surface area contributed by atoms with E-state index in [-0.39, 0.29) is 47.7 Å². The SMILES string of the molecule is CC[C@@H]1C[C@]1(NC(=O)C1C[C@@H](Oc2cc(-c3csc(NC(C)C)n3)nc3c(Cl)c(OCCN4CCOCC4)ccc23)CN1C[C@@H](CC(=O)OC1C[C@@H](C)[C@@H](C)C1)C(C)(C)C)C(=O)O. The molecule has 4 fully saturated rings. The van der Waals surface area contributed by atoms with Gasteiger partial charge in [0, 0.05) is 62.0 Å². The Morgan fingerprint density at radius 1 is 1.05 bits per heavy atom. The van der Waals surface area contributed by atoms with Gasteiger partial charge in [0.05, 0.1) is 36.9 Å². The molecule has 2 unspecified atom stereocenters. The Kier molecular flexibility index (Phi) is 14.8. The average Bonchev–Trinajstić information content (AvgIpc) is 3.43. The van der Waals surface area contributed by atoms with Crippen LogP contribution in [-0.4, -0.2) is 125 Å². The Hall–Kier alpha value is -3.76. The van der Waals surface area contributed by atoms with Crippen molar-refractivity contribution >= 4 is 56.8 Å². The maximum atomic E-state index is 14.4. The van der Waals surface area contributed by atoms with Crippen LogP contribution in [0.4, 0.5) is 5.13 Å². The first-order valence-corrected chi connectivity index (χ1v) is 24.1. The van der Waals surface area contributed by atoms with Gasteiger partial charge in [-0.25, -0.2) is 14.8 Å². The summed E-state index contributed by atoms with van der Waals surface area (Å²) in [6, 6.07) is 5.11. The molecule has 2 aliphatic heterocycles. The third kappa shape index (κ3) is 11.2. The fourth-order valence-electron chi connectivity index (χ4n) is 9.41. The molecule has 2 saturated heterocycles. The average molecular weight is 912 g/mol. The number of aliphatic carboxylic acids is 1. The van der Waals surface area contributed by atoms with Gasteiger partial charge < -0.3 is 34.7 Å². The molecule has 0 spiro atoms. The lowest BCUT2D eigenvalue weighted by Gasteiger charge is -2.35. The Balaban J connectivity index is 1.17. The number of aromatic nitrogens is 2. The number of carboxylic acids is 1. The van der Waals surface area contributed by atoms with Gasteiger partial charge in [-0.2, -0.15) is 0 Å². The molecule has 4 aliphatic rings. The lowest BCUT2D eigenvalue weighted by Crippen LogP contribution is -2.53. The molecule has 1 aromatic carbocycles. The van der Waals surface area contributed by atoms with E-state index in [1.165, 1.54) is 11.3 Å². The molecule has 63 heavy (non-hydrogen) atoms. The number of halogens is 1. The molecule has 2 aromatic heterocycles. The summed E-state index contributed by atoms with van der Waals surface area (Å²) in [7, 11) is 0. The highest BCUT2D eigenvalue weighted by molar-refractivity contribution is 7.14. The number of hydrogen-bond acceptors (Lipinski definition) is 13. The van der Waals surface area contributed by atoms with Crippen LogP contribution in [0.3, 0.4) is 0 Å². The molecule has 3 aromatic rings. The monoisotopic (exact) mass is 910 g/mol. The van der Waals surface area contributed by atoms with Crippen LogP contribution in [0.1, 0.15) is 93.9 Å². The summed E-state index contributed by atoms with van der Waals surface area (Å²) in [5.41, 5.74) is 0.133. The van der Waals surface area contributed by atoms with Crippen molar-refractivity contribution in [1.29, 1.82) is 0 Å². The molecule has 16 heteroatoms. The zero-order valence-corrected chi connectivity index (χ0v) is 39.8. The van der Waals surface area contributed by atoms with Crippen molar-refractivity contribution < 1.29 is 38.4 Å². The zero-order valence-electron chi connectivity index (χ0n) is 38.2. The fraction of sp³-hybridized carbons (Fsp3) is 0.681. The van der Waals surface area contributed by atoms with Gasteiger partial charge in [0.25, 0.3) is 0 Å². The van der Waals surface area contributed by atoms with E-state index in [1.807, 2.05) is 30.5 Å². The number of esters is 1. The number of hydrogen-bond donors (Lipinski definition) is 3. The quantitative estimate of drug-likeness (QED) is 0.106. The minimum Gasteiger partial charge on any atom is -0.491 e. The van der Waals surface area contributed by atoms with E-state index in [2.05, 4.69) is 68.9 Å². The molecule has 0 bridgehead atoms. The molecule has 8 atom stereocenters. The van der Waals surface area contributed by atoms with E-state index >= 15 is 0 Å². The number of pyridine rings is 1. The predicted octanol–water partition coefficient (Wildman–Crippen LogP) is 7.76. The number of nitrogens with one attached hydrogen (secondary N) is 2. The van der Waals surface area contributed by atoms with Gasteiger partial charge >= 0.3 is 11.9 Å². The van der Waals surface area contributed by atoms with Gasteiger partial charge in [0.2, 0.25) is 5.91 Å². The molecule has 0 radical (unpaired) electrons. The lowest BCUT2D eigenvalue weighted by molar-refractivity contribution is -0.151. The van der Waals surface area contributed by atoms with Gasteiger partial charge in [-0.3, -0.25) is 19.4 Å². The number of carboxylic acid groups (broad SMARTS) is 1. The second-order valence-corrected chi connectivity index (χ2v) is 21.0. The predicted molar refractivity (Wildman–Crippen MR) is 246 cm³/mol. The number of fused-ring (bicyclic) bond motifs is 1. The number of likely N-dealkylation sites (tertiary alicyclic amines) is 1. The van der Waals surface area contributed by atoms with Crippen molar-refractivity contribution in [2.45, 2.75) is 124 Å². The van der Waals surface area contributed by atoms with Gasteiger partial charge in [0.1, 0.15) is 46.6 Å². The maximum absolute atomic E-state index is 14.4. The van der Waals surface area contributed by atoms with Crippen LogP contribution in [0.25, 0.3) is 22.3 Å². The zero-order chi connectivity index (χ0) is 45.2. The smallest absolute Gasteiger partial charge is 0.329 e. The number of ether oxygens (including phenoxy) is 4. The maximum Gasteiger partial charge on any atom is 0.329 e. The second-order valence-electron chi connectivity index (χ2n) is 19.7. The number of thiazole rings is 1. The first kappa shape index (κ1) is 47.2. The van der Waals surface area contributed by atoms with Gasteiger partial charge in [0.15, 0.2) is 5.13 Å². The molecular weight excluding hydrogens is 844 g/mol. The van der Waals surface area contributed by atoms with Crippen LogP contribution in [-0.2, 0) is 23.9 Å². The Morgan fingerprint density at radius 2 is 1.78 bits per heavy atom. The Bertz CT molecular complexity index is 2100. The molecule has 4 heterocycles. The molecule has 14 nitrogen and oxygen atoms in total. The molecule has 7 rings (SSSR count). The van der Waals surface area contributed by atoms with E-state index in [0.717, 1.165) is 37.6 Å². The standard InChI is InChI=1S/C47H67ClN6O8S/c1-9-30-23-47(30,44(57)58)52-43(56)37-21-33(25-54(37)24-31(46(6,7)8)20-40(55)62-32-18-28(4)29(5)19-32)61-39-22-35(36-26-63-45(51-36)49-27(2)3)50-42-34(39)10-11-38(41(42)48)60-17-14-53-12-15-59-16-13-53/h10-11,22,26-33,37H,9,12-21,23-25H2,1-8H3,(H,49,51)(H,52,56)(H,57,58)/t28-,29+,30-,31-,32?,33-,37?,47-/m1/s1. The van der Waals surface area contributed by atoms with Gasteiger partial charge in [-0.15, -0.1) is 11.3 Å². The highest BCUT2D eigenvalue weighted by Crippen LogP contribution is 2.47.